The van der Waals surface area contributed by atoms with E-state index in [1.54, 1.807) is 48.5 Å². The molecule has 3 N–H and O–H groups in total. The molecule has 0 aliphatic carbocycles. The molecule has 0 radical (unpaired) electrons. The van der Waals surface area contributed by atoms with Gasteiger partial charge in [-0.25, -0.2) is 4.79 Å². The van der Waals surface area contributed by atoms with Gasteiger partial charge in [-0.15, -0.1) is 0 Å². The van der Waals surface area contributed by atoms with Crippen molar-refractivity contribution >= 4 is 17.7 Å². The van der Waals surface area contributed by atoms with E-state index in [0.29, 0.717) is 42.6 Å². The van der Waals surface area contributed by atoms with E-state index in [1.807, 2.05) is 17.0 Å². The lowest BCUT2D eigenvalue weighted by Crippen LogP contribution is -2.38. The van der Waals surface area contributed by atoms with E-state index in [-0.39, 0.29) is 19.1 Å². The van der Waals surface area contributed by atoms with Gasteiger partial charge >= 0.3 is 6.09 Å². The van der Waals surface area contributed by atoms with Gasteiger partial charge in [-0.1, -0.05) is 48.5 Å². The Bertz CT molecular complexity index is 1140. The molecule has 1 heterocycles. The quantitative estimate of drug-likeness (QED) is 0.493. The van der Waals surface area contributed by atoms with Gasteiger partial charge in [0.1, 0.15) is 12.4 Å². The average Bonchev–Trinajstić information content (AvgIpc) is 2.91. The highest BCUT2D eigenvalue weighted by molar-refractivity contribution is 5.94. The SMILES string of the molecule is NCc1cccc(C2CCN(C(=O)c3cccc(OCCN(C(=O)O)c4ccccc4)c3)CC2)c1. The van der Waals surface area contributed by atoms with E-state index in [0.717, 1.165) is 18.4 Å². The van der Waals surface area contributed by atoms with Crippen molar-refractivity contribution in [3.8, 4) is 5.75 Å². The topological polar surface area (TPSA) is 96.1 Å². The first-order chi connectivity index (χ1) is 17.0. The van der Waals surface area contributed by atoms with Crippen LogP contribution >= 0.6 is 0 Å². The van der Waals surface area contributed by atoms with Crippen molar-refractivity contribution in [2.24, 2.45) is 5.73 Å². The average molecular weight is 474 g/mol. The van der Waals surface area contributed by atoms with Crippen molar-refractivity contribution in [2.75, 3.05) is 31.1 Å². The molecule has 7 heteroatoms. The van der Waals surface area contributed by atoms with Crippen molar-refractivity contribution in [3.05, 3.63) is 95.6 Å². The predicted octanol–water partition coefficient (Wildman–Crippen LogP) is 4.73. The van der Waals surface area contributed by atoms with Crippen molar-refractivity contribution in [2.45, 2.75) is 25.3 Å². The Morgan fingerprint density at radius 3 is 2.43 bits per heavy atom. The molecule has 4 rings (SSSR count). The predicted molar refractivity (Wildman–Crippen MR) is 136 cm³/mol. The van der Waals surface area contributed by atoms with E-state index in [9.17, 15) is 14.7 Å². The lowest BCUT2D eigenvalue weighted by molar-refractivity contribution is 0.0712. The van der Waals surface area contributed by atoms with Crippen molar-refractivity contribution < 1.29 is 19.4 Å². The van der Waals surface area contributed by atoms with Gasteiger partial charge in [-0.05, 0) is 60.2 Å². The van der Waals surface area contributed by atoms with Crippen LogP contribution < -0.4 is 15.4 Å². The Hall–Kier alpha value is -3.84. The molecule has 35 heavy (non-hydrogen) atoms. The lowest BCUT2D eigenvalue weighted by atomic mass is 9.88. The minimum Gasteiger partial charge on any atom is -0.492 e. The maximum atomic E-state index is 13.1. The third-order valence-electron chi connectivity index (χ3n) is 6.40. The number of amides is 2. The molecule has 0 unspecified atom stereocenters. The first-order valence-corrected chi connectivity index (χ1v) is 11.9. The molecule has 182 valence electrons. The Morgan fingerprint density at radius 2 is 1.71 bits per heavy atom. The Kier molecular flexibility index (Phi) is 8.00. The number of para-hydroxylation sites is 1. The van der Waals surface area contributed by atoms with Gasteiger partial charge in [0.15, 0.2) is 0 Å². The van der Waals surface area contributed by atoms with Crippen LogP contribution in [0.1, 0.15) is 40.2 Å². The van der Waals surface area contributed by atoms with E-state index in [4.69, 9.17) is 10.5 Å². The van der Waals surface area contributed by atoms with Crippen LogP contribution in [0.5, 0.6) is 5.75 Å². The van der Waals surface area contributed by atoms with Crippen LogP contribution in [0.25, 0.3) is 0 Å². The van der Waals surface area contributed by atoms with Crippen LogP contribution in [0.2, 0.25) is 0 Å². The number of hydrogen-bond donors (Lipinski definition) is 2. The zero-order valence-corrected chi connectivity index (χ0v) is 19.7. The molecule has 3 aromatic rings. The van der Waals surface area contributed by atoms with Gasteiger partial charge in [-0.2, -0.15) is 0 Å². The molecule has 0 bridgehead atoms. The highest BCUT2D eigenvalue weighted by Gasteiger charge is 2.25. The number of likely N-dealkylation sites (tertiary alicyclic amines) is 1. The van der Waals surface area contributed by atoms with Crippen LogP contribution in [-0.2, 0) is 6.54 Å². The number of nitrogens with zero attached hydrogens (tertiary/aromatic N) is 2. The first-order valence-electron chi connectivity index (χ1n) is 11.9. The summed E-state index contributed by atoms with van der Waals surface area (Å²) in [6, 6.07) is 24.4. The molecular formula is C28H31N3O4. The highest BCUT2D eigenvalue weighted by Crippen LogP contribution is 2.29. The second kappa shape index (κ2) is 11.5. The smallest absolute Gasteiger partial charge is 0.411 e. The standard InChI is InChI=1S/C28H31N3O4/c29-20-21-6-4-7-23(18-21)22-12-14-30(15-13-22)27(32)24-8-5-11-26(19-24)35-17-16-31(28(33)34)25-9-2-1-3-10-25/h1-11,18-19,22H,12-17,20,29H2,(H,33,34). The van der Waals surface area contributed by atoms with Crippen LogP contribution in [0.15, 0.2) is 78.9 Å². The summed E-state index contributed by atoms with van der Waals surface area (Å²) in [6.45, 7) is 2.28. The fourth-order valence-electron chi connectivity index (χ4n) is 4.49. The second-order valence-electron chi connectivity index (χ2n) is 8.66. The first kappa shape index (κ1) is 24.3. The molecule has 1 aliphatic heterocycles. The normalized spacial score (nSPS) is 13.9. The number of rotatable bonds is 8. The summed E-state index contributed by atoms with van der Waals surface area (Å²) in [4.78, 5) is 27.9. The Morgan fingerprint density at radius 1 is 0.971 bits per heavy atom. The van der Waals surface area contributed by atoms with Crippen molar-refractivity contribution in [1.29, 1.82) is 0 Å². The maximum Gasteiger partial charge on any atom is 0.411 e. The highest BCUT2D eigenvalue weighted by atomic mass is 16.5. The number of hydrogen-bond acceptors (Lipinski definition) is 4. The monoisotopic (exact) mass is 473 g/mol. The molecule has 0 atom stereocenters. The molecule has 0 spiro atoms. The number of anilines is 1. The summed E-state index contributed by atoms with van der Waals surface area (Å²) in [5.41, 5.74) is 9.37. The zero-order chi connectivity index (χ0) is 24.6. The molecule has 1 fully saturated rings. The van der Waals surface area contributed by atoms with Gasteiger partial charge < -0.3 is 20.5 Å². The molecule has 0 saturated carbocycles. The van der Waals surface area contributed by atoms with Gasteiger partial charge in [-0.3, -0.25) is 9.69 Å². The molecular weight excluding hydrogens is 442 g/mol. The molecule has 7 nitrogen and oxygen atoms in total. The number of benzene rings is 3. The van der Waals surface area contributed by atoms with Crippen LogP contribution in [0.4, 0.5) is 10.5 Å². The molecule has 1 aliphatic rings. The minimum absolute atomic E-state index is 0.0129. The Labute approximate surface area is 205 Å². The number of nitrogens with two attached hydrogens (primary N) is 1. The number of piperidine rings is 1. The summed E-state index contributed by atoms with van der Waals surface area (Å²) in [5, 5.41) is 9.52. The van der Waals surface area contributed by atoms with Crippen LogP contribution in [0, 0.1) is 0 Å². The van der Waals surface area contributed by atoms with Gasteiger partial charge in [0, 0.05) is 30.9 Å². The van der Waals surface area contributed by atoms with E-state index in [2.05, 4.69) is 18.2 Å². The lowest BCUT2D eigenvalue weighted by Gasteiger charge is -2.32. The number of carbonyl (C=O) groups excluding carboxylic acids is 1. The summed E-state index contributed by atoms with van der Waals surface area (Å²) in [6.07, 6.45) is 0.794. The minimum atomic E-state index is -1.04. The summed E-state index contributed by atoms with van der Waals surface area (Å²) in [5.74, 6) is 0.964. The third kappa shape index (κ3) is 6.19. The number of carboxylic acid groups (broad SMARTS) is 1. The third-order valence-corrected chi connectivity index (χ3v) is 6.40. The van der Waals surface area contributed by atoms with Crippen molar-refractivity contribution in [3.63, 3.8) is 0 Å². The van der Waals surface area contributed by atoms with Crippen molar-refractivity contribution in [1.82, 2.24) is 4.90 Å². The summed E-state index contributed by atoms with van der Waals surface area (Å²) >= 11 is 0. The maximum absolute atomic E-state index is 13.1. The Balaban J connectivity index is 1.32. The van der Waals surface area contributed by atoms with E-state index in [1.165, 1.54) is 10.5 Å². The van der Waals surface area contributed by atoms with Gasteiger partial charge in [0.2, 0.25) is 0 Å². The fraction of sp³-hybridized carbons (Fsp3) is 0.286. The molecule has 0 aromatic heterocycles. The largest absolute Gasteiger partial charge is 0.492 e. The molecule has 1 saturated heterocycles. The fourth-order valence-corrected chi connectivity index (χ4v) is 4.49. The summed E-state index contributed by atoms with van der Waals surface area (Å²) < 4.78 is 5.80. The molecule has 2 amide bonds. The number of carbonyl (C=O) groups is 2. The van der Waals surface area contributed by atoms with E-state index < -0.39 is 6.09 Å². The summed E-state index contributed by atoms with van der Waals surface area (Å²) in [7, 11) is 0. The van der Waals surface area contributed by atoms with Gasteiger partial charge in [0.25, 0.3) is 5.91 Å². The van der Waals surface area contributed by atoms with Crippen LogP contribution in [-0.4, -0.2) is 48.2 Å². The van der Waals surface area contributed by atoms with Gasteiger partial charge in [0.05, 0.1) is 6.54 Å². The number of ether oxygens (including phenoxy) is 1. The zero-order valence-electron chi connectivity index (χ0n) is 19.7. The van der Waals surface area contributed by atoms with Crippen LogP contribution in [0.3, 0.4) is 0 Å². The molecule has 3 aromatic carbocycles. The second-order valence-corrected chi connectivity index (χ2v) is 8.66. The van der Waals surface area contributed by atoms with E-state index >= 15 is 0 Å².